The number of carbonyl (C=O) groups excluding carboxylic acids is 1. The number of hydrogen-bond donors (Lipinski definition) is 1. The van der Waals surface area contributed by atoms with Crippen LogP contribution in [-0.4, -0.2) is 37.4 Å². The van der Waals surface area contributed by atoms with E-state index in [0.717, 1.165) is 29.9 Å². The minimum atomic E-state index is -0.138. The third kappa shape index (κ3) is 5.28. The Bertz CT molecular complexity index is 1130. The van der Waals surface area contributed by atoms with Crippen LogP contribution in [0.2, 0.25) is 0 Å². The molecular weight excluding hydrogens is 410 g/mol. The second-order valence-electron chi connectivity index (χ2n) is 8.28. The normalized spacial score (nSPS) is 11.5. The number of carbonyl (C=O) groups is 1. The molecule has 6 nitrogen and oxygen atoms in total. The van der Waals surface area contributed by atoms with Crippen LogP contribution in [0, 0.1) is 19.8 Å². The molecule has 0 aliphatic rings. The van der Waals surface area contributed by atoms with Gasteiger partial charge in [-0.1, -0.05) is 37.7 Å². The number of thioether (sulfide) groups is 1. The molecule has 0 radical (unpaired) electrons. The van der Waals surface area contributed by atoms with Crippen molar-refractivity contribution in [3.63, 3.8) is 0 Å². The van der Waals surface area contributed by atoms with Crippen molar-refractivity contribution in [1.29, 1.82) is 0 Å². The zero-order chi connectivity index (χ0) is 22.5. The van der Waals surface area contributed by atoms with Gasteiger partial charge in [0.15, 0.2) is 10.9 Å². The van der Waals surface area contributed by atoms with E-state index in [1.54, 1.807) is 16.7 Å². The van der Waals surface area contributed by atoms with Crippen LogP contribution in [-0.2, 0) is 13.1 Å². The summed E-state index contributed by atoms with van der Waals surface area (Å²) in [7, 11) is 0. The van der Waals surface area contributed by atoms with Gasteiger partial charge in [0.25, 0.3) is 5.56 Å². The van der Waals surface area contributed by atoms with Gasteiger partial charge in [0.1, 0.15) is 0 Å². The van der Waals surface area contributed by atoms with E-state index in [1.807, 2.05) is 32.0 Å². The van der Waals surface area contributed by atoms with Gasteiger partial charge in [-0.25, -0.2) is 4.98 Å². The second kappa shape index (κ2) is 10.3. The number of ketones is 1. The predicted octanol–water partition coefficient (Wildman–Crippen LogP) is 4.22. The minimum absolute atomic E-state index is 0.00926. The number of fused-ring (bicyclic) bond motifs is 1. The quantitative estimate of drug-likeness (QED) is 0.290. The van der Waals surface area contributed by atoms with E-state index in [0.29, 0.717) is 34.9 Å². The molecule has 0 spiro atoms. The van der Waals surface area contributed by atoms with Gasteiger partial charge in [-0.2, -0.15) is 0 Å². The first-order valence-electron chi connectivity index (χ1n) is 10.8. The maximum absolute atomic E-state index is 13.0. The Labute approximate surface area is 187 Å². The van der Waals surface area contributed by atoms with Crippen LogP contribution in [0.5, 0.6) is 0 Å². The monoisotopic (exact) mass is 441 g/mol. The van der Waals surface area contributed by atoms with Gasteiger partial charge >= 0.3 is 0 Å². The van der Waals surface area contributed by atoms with Crippen LogP contribution in [0.15, 0.2) is 40.3 Å². The van der Waals surface area contributed by atoms with E-state index in [-0.39, 0.29) is 23.7 Å². The Morgan fingerprint density at radius 2 is 1.90 bits per heavy atom. The lowest BCUT2D eigenvalue weighted by Gasteiger charge is -2.13. The van der Waals surface area contributed by atoms with E-state index in [2.05, 4.69) is 23.4 Å². The number of aryl methyl sites for hydroxylation is 1. The third-order valence-corrected chi connectivity index (χ3v) is 6.48. The lowest BCUT2D eigenvalue weighted by atomic mass is 10.1. The van der Waals surface area contributed by atoms with Crippen LogP contribution in [0.25, 0.3) is 10.9 Å². The topological polar surface area (TPSA) is 77.1 Å². The van der Waals surface area contributed by atoms with Gasteiger partial charge in [0.05, 0.1) is 16.7 Å². The number of para-hydroxylation sites is 1. The number of aliphatic hydroxyl groups is 1. The van der Waals surface area contributed by atoms with Crippen LogP contribution >= 0.6 is 11.8 Å². The third-order valence-electron chi connectivity index (χ3n) is 5.50. The van der Waals surface area contributed by atoms with Crippen molar-refractivity contribution in [2.75, 3.05) is 12.4 Å². The van der Waals surface area contributed by atoms with Crippen LogP contribution in [0.4, 0.5) is 0 Å². The molecule has 31 heavy (non-hydrogen) atoms. The Morgan fingerprint density at radius 3 is 2.61 bits per heavy atom. The SMILES string of the molecule is Cc1cc(C(=O)CSc2nc3ccccc3c(=O)n2CCCO)c(C)n1CCC(C)C. The number of benzene rings is 1. The van der Waals surface area contributed by atoms with Gasteiger partial charge in [-0.05, 0) is 50.8 Å². The molecule has 0 atom stereocenters. The van der Waals surface area contributed by atoms with Gasteiger partial charge < -0.3 is 9.67 Å². The number of Topliss-reactive ketones (excluding diaryl/α,β-unsaturated/α-hetero) is 1. The van der Waals surface area contributed by atoms with E-state index in [1.165, 1.54) is 11.8 Å². The fourth-order valence-electron chi connectivity index (χ4n) is 3.71. The summed E-state index contributed by atoms with van der Waals surface area (Å²) in [5.41, 5.74) is 3.30. The Hall–Kier alpha value is -2.38. The summed E-state index contributed by atoms with van der Waals surface area (Å²) in [4.78, 5) is 30.6. The molecule has 0 fully saturated rings. The zero-order valence-corrected chi connectivity index (χ0v) is 19.5. The lowest BCUT2D eigenvalue weighted by molar-refractivity contribution is 0.102. The summed E-state index contributed by atoms with van der Waals surface area (Å²) in [6, 6.07) is 9.18. The Balaban J connectivity index is 1.84. The van der Waals surface area contributed by atoms with Crippen molar-refractivity contribution < 1.29 is 9.90 Å². The largest absolute Gasteiger partial charge is 0.396 e. The second-order valence-corrected chi connectivity index (χ2v) is 9.22. The van der Waals surface area contributed by atoms with Crippen LogP contribution in [0.3, 0.4) is 0 Å². The Morgan fingerprint density at radius 1 is 1.16 bits per heavy atom. The number of rotatable bonds is 10. The van der Waals surface area contributed by atoms with Crippen molar-refractivity contribution in [3.8, 4) is 0 Å². The summed E-state index contributed by atoms with van der Waals surface area (Å²) >= 11 is 1.28. The van der Waals surface area contributed by atoms with Gasteiger partial charge in [0.2, 0.25) is 0 Å². The number of aliphatic hydroxyl groups excluding tert-OH is 1. The van der Waals surface area contributed by atoms with Crippen LogP contribution < -0.4 is 5.56 Å². The van der Waals surface area contributed by atoms with E-state index in [4.69, 9.17) is 0 Å². The summed E-state index contributed by atoms with van der Waals surface area (Å²) in [5, 5.41) is 10.3. The van der Waals surface area contributed by atoms with Crippen molar-refractivity contribution in [2.45, 2.75) is 58.8 Å². The maximum atomic E-state index is 13.0. The maximum Gasteiger partial charge on any atom is 0.262 e. The average Bonchev–Trinajstić information content (AvgIpc) is 3.03. The molecule has 0 unspecified atom stereocenters. The minimum Gasteiger partial charge on any atom is -0.396 e. The first-order valence-corrected chi connectivity index (χ1v) is 11.7. The molecule has 7 heteroatoms. The van der Waals surface area contributed by atoms with Crippen molar-refractivity contribution in [2.24, 2.45) is 5.92 Å². The summed E-state index contributed by atoms with van der Waals surface area (Å²) < 4.78 is 3.78. The van der Waals surface area contributed by atoms with Gasteiger partial charge in [-0.15, -0.1) is 0 Å². The average molecular weight is 442 g/mol. The molecule has 0 saturated carbocycles. The van der Waals surface area contributed by atoms with E-state index >= 15 is 0 Å². The standard InChI is InChI=1S/C24H31N3O3S/c1-16(2)10-12-26-17(3)14-20(18(26)4)22(29)15-31-24-25-21-9-6-5-8-19(21)23(30)27(24)11-7-13-28/h5-6,8-9,14,16,28H,7,10-13,15H2,1-4H3. The smallest absolute Gasteiger partial charge is 0.262 e. The summed E-state index contributed by atoms with van der Waals surface area (Å²) in [5.74, 6) is 0.841. The molecule has 0 saturated heterocycles. The first kappa shape index (κ1) is 23.3. The first-order chi connectivity index (χ1) is 14.8. The molecule has 0 amide bonds. The summed E-state index contributed by atoms with van der Waals surface area (Å²) in [6.45, 7) is 9.69. The molecule has 2 heterocycles. The molecule has 0 bridgehead atoms. The molecular formula is C24H31N3O3S. The van der Waals surface area contributed by atoms with E-state index < -0.39 is 0 Å². The van der Waals surface area contributed by atoms with Crippen molar-refractivity contribution in [3.05, 3.63) is 57.6 Å². The number of nitrogens with zero attached hydrogens (tertiary/aromatic N) is 3. The highest BCUT2D eigenvalue weighted by Gasteiger charge is 2.18. The van der Waals surface area contributed by atoms with E-state index in [9.17, 15) is 14.7 Å². The highest BCUT2D eigenvalue weighted by molar-refractivity contribution is 7.99. The molecule has 2 aromatic heterocycles. The van der Waals surface area contributed by atoms with Crippen molar-refractivity contribution in [1.82, 2.24) is 14.1 Å². The number of aromatic nitrogens is 3. The molecule has 3 rings (SSSR count). The lowest BCUT2D eigenvalue weighted by Crippen LogP contribution is -2.24. The molecule has 1 aromatic carbocycles. The molecule has 1 N–H and O–H groups in total. The van der Waals surface area contributed by atoms with Crippen LogP contribution in [0.1, 0.15) is 48.4 Å². The van der Waals surface area contributed by atoms with Crippen molar-refractivity contribution >= 4 is 28.4 Å². The molecule has 3 aromatic rings. The zero-order valence-electron chi connectivity index (χ0n) is 18.7. The molecule has 0 aliphatic heterocycles. The highest BCUT2D eigenvalue weighted by Crippen LogP contribution is 2.23. The summed E-state index contributed by atoms with van der Waals surface area (Å²) in [6.07, 6.45) is 1.52. The molecule has 166 valence electrons. The predicted molar refractivity (Wildman–Crippen MR) is 126 cm³/mol. The Kier molecular flexibility index (Phi) is 7.73. The number of hydrogen-bond acceptors (Lipinski definition) is 5. The fraction of sp³-hybridized carbons (Fsp3) is 0.458. The fourth-order valence-corrected chi connectivity index (χ4v) is 4.62. The molecule has 0 aliphatic carbocycles. The van der Waals surface area contributed by atoms with Gasteiger partial charge in [-0.3, -0.25) is 14.2 Å². The highest BCUT2D eigenvalue weighted by atomic mass is 32.2. The van der Waals surface area contributed by atoms with Gasteiger partial charge in [0, 0.05) is 36.6 Å².